The first-order chi connectivity index (χ1) is 13.2. The fourth-order valence-electron chi connectivity index (χ4n) is 3.03. The zero-order chi connectivity index (χ0) is 18.6. The highest BCUT2D eigenvalue weighted by Crippen LogP contribution is 2.31. The molecule has 0 saturated carbocycles. The molecule has 0 radical (unpaired) electrons. The van der Waals surface area contributed by atoms with Gasteiger partial charge in [0.25, 0.3) is 5.69 Å². The number of nitrogens with one attached hydrogen (secondary N) is 1. The van der Waals surface area contributed by atoms with Crippen LogP contribution in [0.1, 0.15) is 5.56 Å². The van der Waals surface area contributed by atoms with Gasteiger partial charge in [0, 0.05) is 48.5 Å². The highest BCUT2D eigenvalue weighted by molar-refractivity contribution is 5.99. The van der Waals surface area contributed by atoms with Crippen molar-refractivity contribution in [3.8, 4) is 11.1 Å². The summed E-state index contributed by atoms with van der Waals surface area (Å²) in [7, 11) is 0. The fourth-order valence-corrected chi connectivity index (χ4v) is 3.03. The molecule has 0 unspecified atom stereocenters. The number of rotatable bonds is 5. The molecule has 2 aromatic carbocycles. The Morgan fingerprint density at radius 2 is 1.67 bits per heavy atom. The van der Waals surface area contributed by atoms with Crippen molar-refractivity contribution in [3.63, 3.8) is 0 Å². The normalized spacial score (nSPS) is 10.7. The van der Waals surface area contributed by atoms with Gasteiger partial charge in [0.2, 0.25) is 0 Å². The molecule has 0 aliphatic heterocycles. The van der Waals surface area contributed by atoms with E-state index in [0.29, 0.717) is 11.9 Å². The van der Waals surface area contributed by atoms with Gasteiger partial charge in [-0.15, -0.1) is 0 Å². The highest BCUT2D eigenvalue weighted by Gasteiger charge is 2.14. The third-order valence-corrected chi connectivity index (χ3v) is 4.42. The molecule has 0 spiro atoms. The minimum atomic E-state index is -0.384. The summed E-state index contributed by atoms with van der Waals surface area (Å²) in [5, 5.41) is 15.9. The first kappa shape index (κ1) is 16.7. The molecule has 0 aliphatic carbocycles. The molecule has 4 aromatic rings. The standard InChI is InChI=1S/C21H16N4O2/c26-25(27)21-8-7-20(18-9-11-23-14-19(18)21)24-12-15-3-5-16(6-4-15)17-2-1-10-22-13-17/h1-11,13-14,24H,12H2. The van der Waals surface area contributed by atoms with Crippen molar-refractivity contribution < 1.29 is 4.92 Å². The summed E-state index contributed by atoms with van der Waals surface area (Å²) in [6.45, 7) is 0.614. The maximum Gasteiger partial charge on any atom is 0.278 e. The molecule has 2 heterocycles. The molecule has 1 N–H and O–H groups in total. The molecule has 27 heavy (non-hydrogen) atoms. The average molecular weight is 356 g/mol. The lowest BCUT2D eigenvalue weighted by molar-refractivity contribution is -0.383. The van der Waals surface area contributed by atoms with E-state index < -0.39 is 0 Å². The summed E-state index contributed by atoms with van der Waals surface area (Å²) in [4.78, 5) is 19.0. The average Bonchev–Trinajstić information content (AvgIpc) is 2.73. The maximum atomic E-state index is 11.2. The molecule has 0 amide bonds. The Morgan fingerprint density at radius 1 is 0.852 bits per heavy atom. The highest BCUT2D eigenvalue weighted by atomic mass is 16.6. The number of hydrogen-bond acceptors (Lipinski definition) is 5. The summed E-state index contributed by atoms with van der Waals surface area (Å²) in [5.74, 6) is 0. The third kappa shape index (κ3) is 3.46. The van der Waals surface area contributed by atoms with Gasteiger partial charge in [-0.1, -0.05) is 30.3 Å². The number of benzene rings is 2. The van der Waals surface area contributed by atoms with Crippen molar-refractivity contribution in [2.24, 2.45) is 0 Å². The predicted molar refractivity (Wildman–Crippen MR) is 105 cm³/mol. The Balaban J connectivity index is 1.56. The van der Waals surface area contributed by atoms with Crippen LogP contribution in [0.4, 0.5) is 11.4 Å². The van der Waals surface area contributed by atoms with Gasteiger partial charge in [0.15, 0.2) is 0 Å². The number of aromatic nitrogens is 2. The lowest BCUT2D eigenvalue weighted by Crippen LogP contribution is -2.01. The summed E-state index contributed by atoms with van der Waals surface area (Å²) in [6.07, 6.45) is 6.76. The number of non-ortho nitro benzene ring substituents is 1. The second-order valence-electron chi connectivity index (χ2n) is 6.10. The first-order valence-electron chi connectivity index (χ1n) is 8.47. The monoisotopic (exact) mass is 356 g/mol. The van der Waals surface area contributed by atoms with Crippen LogP contribution in [0.25, 0.3) is 21.9 Å². The van der Waals surface area contributed by atoms with Gasteiger partial charge in [0.05, 0.1) is 10.3 Å². The van der Waals surface area contributed by atoms with Crippen molar-refractivity contribution in [1.82, 2.24) is 9.97 Å². The Hall–Kier alpha value is -3.80. The van der Waals surface area contributed by atoms with Crippen molar-refractivity contribution in [3.05, 3.63) is 95.1 Å². The number of nitrogens with zero attached hydrogens (tertiary/aromatic N) is 3. The lowest BCUT2D eigenvalue weighted by atomic mass is 10.1. The van der Waals surface area contributed by atoms with E-state index in [2.05, 4.69) is 39.6 Å². The van der Waals surface area contributed by atoms with Crippen LogP contribution in [0, 0.1) is 10.1 Å². The van der Waals surface area contributed by atoms with E-state index in [-0.39, 0.29) is 10.6 Å². The van der Waals surface area contributed by atoms with E-state index in [9.17, 15) is 10.1 Å². The molecular weight excluding hydrogens is 340 g/mol. The van der Waals surface area contributed by atoms with Crippen LogP contribution in [-0.4, -0.2) is 14.9 Å². The van der Waals surface area contributed by atoms with Crippen LogP contribution in [0.2, 0.25) is 0 Å². The van der Waals surface area contributed by atoms with Gasteiger partial charge >= 0.3 is 0 Å². The molecule has 6 nitrogen and oxygen atoms in total. The number of hydrogen-bond donors (Lipinski definition) is 1. The van der Waals surface area contributed by atoms with E-state index in [1.54, 1.807) is 24.5 Å². The predicted octanol–water partition coefficient (Wildman–Crippen LogP) is 4.82. The molecule has 0 aliphatic rings. The molecule has 0 saturated heterocycles. The van der Waals surface area contributed by atoms with Gasteiger partial charge in [-0.05, 0) is 34.9 Å². The summed E-state index contributed by atoms with van der Waals surface area (Å²) in [5.41, 5.74) is 4.20. The Labute approximate surface area is 155 Å². The quantitative estimate of drug-likeness (QED) is 0.410. The van der Waals surface area contributed by atoms with Crippen LogP contribution < -0.4 is 5.32 Å². The Morgan fingerprint density at radius 3 is 2.41 bits per heavy atom. The molecule has 0 bridgehead atoms. The smallest absolute Gasteiger partial charge is 0.278 e. The van der Waals surface area contributed by atoms with E-state index in [1.807, 2.05) is 18.3 Å². The van der Waals surface area contributed by atoms with E-state index in [0.717, 1.165) is 27.8 Å². The SMILES string of the molecule is O=[N+]([O-])c1ccc(NCc2ccc(-c3cccnc3)cc2)c2ccncc12. The number of pyridine rings is 2. The van der Waals surface area contributed by atoms with Crippen molar-refractivity contribution >= 4 is 22.1 Å². The Bertz CT molecular complexity index is 1100. The van der Waals surface area contributed by atoms with E-state index in [1.165, 1.54) is 12.3 Å². The fraction of sp³-hybridized carbons (Fsp3) is 0.0476. The van der Waals surface area contributed by atoms with Crippen LogP contribution in [-0.2, 0) is 6.54 Å². The number of anilines is 1. The number of nitro benzene ring substituents is 1. The topological polar surface area (TPSA) is 81.0 Å². The van der Waals surface area contributed by atoms with Gasteiger partial charge in [-0.3, -0.25) is 20.1 Å². The summed E-state index contributed by atoms with van der Waals surface area (Å²) < 4.78 is 0. The zero-order valence-corrected chi connectivity index (χ0v) is 14.4. The molecule has 132 valence electrons. The first-order valence-corrected chi connectivity index (χ1v) is 8.47. The molecule has 2 aromatic heterocycles. The van der Waals surface area contributed by atoms with Crippen LogP contribution >= 0.6 is 0 Å². The number of fused-ring (bicyclic) bond motifs is 1. The lowest BCUT2D eigenvalue weighted by Gasteiger charge is -2.10. The molecule has 6 heteroatoms. The molecule has 0 atom stereocenters. The van der Waals surface area contributed by atoms with Crippen LogP contribution in [0.3, 0.4) is 0 Å². The largest absolute Gasteiger partial charge is 0.380 e. The van der Waals surface area contributed by atoms with Crippen molar-refractivity contribution in [1.29, 1.82) is 0 Å². The van der Waals surface area contributed by atoms with Gasteiger partial charge in [0.1, 0.15) is 0 Å². The maximum absolute atomic E-state index is 11.2. The second kappa shape index (κ2) is 7.21. The Kier molecular flexibility index (Phi) is 4.45. The van der Waals surface area contributed by atoms with Gasteiger partial charge in [-0.2, -0.15) is 0 Å². The van der Waals surface area contributed by atoms with Crippen molar-refractivity contribution in [2.45, 2.75) is 6.54 Å². The van der Waals surface area contributed by atoms with Crippen LogP contribution in [0.15, 0.2) is 79.4 Å². The molecule has 4 rings (SSSR count). The summed E-state index contributed by atoms with van der Waals surface area (Å²) in [6, 6.07) is 17.2. The summed E-state index contributed by atoms with van der Waals surface area (Å²) >= 11 is 0. The van der Waals surface area contributed by atoms with Gasteiger partial charge in [-0.25, -0.2) is 0 Å². The van der Waals surface area contributed by atoms with Gasteiger partial charge < -0.3 is 5.32 Å². The second-order valence-corrected chi connectivity index (χ2v) is 6.10. The van der Waals surface area contributed by atoms with Crippen molar-refractivity contribution in [2.75, 3.05) is 5.32 Å². The third-order valence-electron chi connectivity index (χ3n) is 4.42. The minimum absolute atomic E-state index is 0.0597. The van der Waals surface area contributed by atoms with E-state index in [4.69, 9.17) is 0 Å². The van der Waals surface area contributed by atoms with E-state index >= 15 is 0 Å². The molecular formula is C21H16N4O2. The van der Waals surface area contributed by atoms with Crippen LogP contribution in [0.5, 0.6) is 0 Å². The number of nitro groups is 1. The molecule has 0 fully saturated rings. The zero-order valence-electron chi connectivity index (χ0n) is 14.4. The minimum Gasteiger partial charge on any atom is -0.380 e.